The van der Waals surface area contributed by atoms with Crippen LogP contribution in [0.25, 0.3) is 5.69 Å². The summed E-state index contributed by atoms with van der Waals surface area (Å²) < 4.78 is 8.27. The van der Waals surface area contributed by atoms with Crippen molar-refractivity contribution >= 4 is 40.8 Å². The van der Waals surface area contributed by atoms with Gasteiger partial charge < -0.3 is 10.1 Å². The molecule has 0 aliphatic heterocycles. The Morgan fingerprint density at radius 2 is 1.77 bits per heavy atom. The van der Waals surface area contributed by atoms with E-state index in [1.165, 1.54) is 29.8 Å². The van der Waals surface area contributed by atoms with E-state index < -0.39 is 23.5 Å². The van der Waals surface area contributed by atoms with Crippen molar-refractivity contribution in [3.8, 4) is 5.69 Å². The highest BCUT2D eigenvalue weighted by atomic mass is 35.5. The number of nitrogens with one attached hydrogen (secondary N) is 1. The number of para-hydroxylation sites is 1. The fourth-order valence-electron chi connectivity index (χ4n) is 2.87. The number of anilines is 1. The monoisotopic (exact) mass is 447 g/mol. The van der Waals surface area contributed by atoms with Gasteiger partial charge in [0, 0.05) is 12.1 Å². The number of esters is 1. The first kappa shape index (κ1) is 21.7. The van der Waals surface area contributed by atoms with Gasteiger partial charge in [-0.3, -0.25) is 14.3 Å². The number of carbonyl (C=O) groups is 2. The first-order chi connectivity index (χ1) is 14.2. The van der Waals surface area contributed by atoms with Gasteiger partial charge in [0.15, 0.2) is 6.10 Å². The predicted octanol–water partition coefficient (Wildman–Crippen LogP) is 3.98. The van der Waals surface area contributed by atoms with Crippen LogP contribution in [0.4, 0.5) is 5.69 Å². The molecule has 0 radical (unpaired) electrons. The highest BCUT2D eigenvalue weighted by Crippen LogP contribution is 2.22. The highest BCUT2D eigenvalue weighted by Gasteiger charge is 2.24. The molecule has 1 unspecified atom stereocenters. The van der Waals surface area contributed by atoms with E-state index in [-0.39, 0.29) is 16.3 Å². The predicted molar refractivity (Wildman–Crippen MR) is 116 cm³/mol. The molecule has 2 aromatic carbocycles. The minimum atomic E-state index is -1.16. The van der Waals surface area contributed by atoms with Crippen molar-refractivity contribution in [1.29, 1.82) is 0 Å². The topological polar surface area (TPSA) is 82.3 Å². The maximum atomic E-state index is 12.9. The molecule has 0 spiro atoms. The van der Waals surface area contributed by atoms with E-state index in [4.69, 9.17) is 27.9 Å². The maximum Gasteiger partial charge on any atom is 0.340 e. The third-order valence-electron chi connectivity index (χ3n) is 4.61. The van der Waals surface area contributed by atoms with E-state index in [1.54, 1.807) is 30.8 Å². The second-order valence-electron chi connectivity index (χ2n) is 6.60. The lowest BCUT2D eigenvalue weighted by Crippen LogP contribution is -2.32. The van der Waals surface area contributed by atoms with E-state index in [1.807, 2.05) is 18.2 Å². The zero-order chi connectivity index (χ0) is 22.0. The standard InChI is InChI=1S/C21H19Cl2N3O4/c1-12-18(20(28)26(25(12)3)15-7-5-4-6-8-15)24-19(27)13(2)30-21(29)16-10-9-14(22)11-17(16)23/h4-11,13H,1-3H3,(H,24,27). The molecule has 30 heavy (non-hydrogen) atoms. The summed E-state index contributed by atoms with van der Waals surface area (Å²) in [6, 6.07) is 13.3. The summed E-state index contributed by atoms with van der Waals surface area (Å²) in [5.41, 5.74) is 1.01. The zero-order valence-electron chi connectivity index (χ0n) is 16.5. The highest BCUT2D eigenvalue weighted by molar-refractivity contribution is 6.36. The fraction of sp³-hybridized carbons (Fsp3) is 0.190. The van der Waals surface area contributed by atoms with Gasteiger partial charge in [0.2, 0.25) is 0 Å². The van der Waals surface area contributed by atoms with Crippen LogP contribution in [0.2, 0.25) is 10.0 Å². The van der Waals surface area contributed by atoms with Crippen LogP contribution in [-0.4, -0.2) is 27.3 Å². The van der Waals surface area contributed by atoms with Crippen molar-refractivity contribution in [2.24, 2.45) is 7.05 Å². The molecule has 0 bridgehead atoms. The number of hydrogen-bond donors (Lipinski definition) is 1. The van der Waals surface area contributed by atoms with Crippen LogP contribution in [-0.2, 0) is 16.6 Å². The van der Waals surface area contributed by atoms with Gasteiger partial charge in [-0.1, -0.05) is 41.4 Å². The SMILES string of the molecule is Cc1c(NC(=O)C(C)OC(=O)c2ccc(Cl)cc2Cl)c(=O)n(-c2ccccc2)n1C. The summed E-state index contributed by atoms with van der Waals surface area (Å²) in [5, 5.41) is 3.05. The number of ether oxygens (including phenoxy) is 1. The van der Waals surface area contributed by atoms with Crippen LogP contribution in [0.3, 0.4) is 0 Å². The van der Waals surface area contributed by atoms with Crippen molar-refractivity contribution in [3.05, 3.63) is 80.2 Å². The van der Waals surface area contributed by atoms with Gasteiger partial charge in [-0.05, 0) is 44.2 Å². The number of carbonyl (C=O) groups excluding carboxylic acids is 2. The molecule has 0 saturated heterocycles. The molecule has 1 N–H and O–H groups in total. The Balaban J connectivity index is 1.79. The van der Waals surface area contributed by atoms with Crippen molar-refractivity contribution in [2.75, 3.05) is 5.32 Å². The molecule has 0 fully saturated rings. The molecule has 9 heteroatoms. The Labute approximate surface area is 182 Å². The molecular weight excluding hydrogens is 429 g/mol. The molecule has 0 aliphatic rings. The minimum absolute atomic E-state index is 0.0861. The summed E-state index contributed by atoms with van der Waals surface area (Å²) in [5.74, 6) is -1.41. The second kappa shape index (κ2) is 8.77. The van der Waals surface area contributed by atoms with Crippen LogP contribution in [0.15, 0.2) is 53.3 Å². The van der Waals surface area contributed by atoms with Gasteiger partial charge in [-0.2, -0.15) is 0 Å². The van der Waals surface area contributed by atoms with Crippen LogP contribution in [0, 0.1) is 6.92 Å². The Kier molecular flexibility index (Phi) is 6.34. The van der Waals surface area contributed by atoms with Gasteiger partial charge in [0.05, 0.1) is 22.0 Å². The quantitative estimate of drug-likeness (QED) is 0.599. The first-order valence-corrected chi connectivity index (χ1v) is 9.77. The van der Waals surface area contributed by atoms with E-state index in [0.29, 0.717) is 16.4 Å². The average molecular weight is 448 g/mol. The Bertz CT molecular complexity index is 1170. The number of amides is 1. The molecule has 1 amide bonds. The van der Waals surface area contributed by atoms with E-state index in [0.717, 1.165) is 0 Å². The molecule has 0 aliphatic carbocycles. The first-order valence-electron chi connectivity index (χ1n) is 9.01. The summed E-state index contributed by atoms with van der Waals surface area (Å²) in [4.78, 5) is 37.8. The second-order valence-corrected chi connectivity index (χ2v) is 7.44. The maximum absolute atomic E-state index is 12.9. The molecule has 1 atom stereocenters. The number of aromatic nitrogens is 2. The van der Waals surface area contributed by atoms with Gasteiger partial charge >= 0.3 is 5.97 Å². The number of rotatable bonds is 5. The lowest BCUT2D eigenvalue weighted by Gasteiger charge is -2.13. The molecule has 0 saturated carbocycles. The van der Waals surface area contributed by atoms with Gasteiger partial charge in [0.1, 0.15) is 5.69 Å². The van der Waals surface area contributed by atoms with Crippen molar-refractivity contribution in [2.45, 2.75) is 20.0 Å². The van der Waals surface area contributed by atoms with Crippen LogP contribution in [0.5, 0.6) is 0 Å². The van der Waals surface area contributed by atoms with Crippen molar-refractivity contribution in [1.82, 2.24) is 9.36 Å². The molecule has 1 aromatic heterocycles. The Morgan fingerprint density at radius 1 is 1.10 bits per heavy atom. The molecule has 1 heterocycles. The van der Waals surface area contributed by atoms with Crippen LogP contribution >= 0.6 is 23.2 Å². The van der Waals surface area contributed by atoms with Crippen LogP contribution < -0.4 is 10.9 Å². The fourth-order valence-corrected chi connectivity index (χ4v) is 3.36. The van der Waals surface area contributed by atoms with Gasteiger partial charge in [-0.25, -0.2) is 9.48 Å². The van der Waals surface area contributed by atoms with Crippen molar-refractivity contribution in [3.63, 3.8) is 0 Å². The smallest absolute Gasteiger partial charge is 0.340 e. The average Bonchev–Trinajstić information content (AvgIpc) is 2.91. The Hall–Kier alpha value is -3.03. The molecule has 156 valence electrons. The van der Waals surface area contributed by atoms with E-state index in [9.17, 15) is 14.4 Å². The third kappa shape index (κ3) is 4.27. The molecule has 7 nitrogen and oxygen atoms in total. The van der Waals surface area contributed by atoms with E-state index in [2.05, 4.69) is 5.32 Å². The third-order valence-corrected chi connectivity index (χ3v) is 5.15. The summed E-state index contributed by atoms with van der Waals surface area (Å²) >= 11 is 11.8. The number of nitrogens with zero attached hydrogens (tertiary/aromatic N) is 2. The van der Waals surface area contributed by atoms with Crippen molar-refractivity contribution < 1.29 is 14.3 Å². The number of benzene rings is 2. The summed E-state index contributed by atoms with van der Waals surface area (Å²) in [7, 11) is 1.71. The molecular formula is C21H19Cl2N3O4. The summed E-state index contributed by atoms with van der Waals surface area (Å²) in [6.07, 6.45) is -1.16. The zero-order valence-corrected chi connectivity index (χ0v) is 18.0. The summed E-state index contributed by atoms with van der Waals surface area (Å²) in [6.45, 7) is 3.12. The minimum Gasteiger partial charge on any atom is -0.449 e. The normalized spacial score (nSPS) is 11.8. The van der Waals surface area contributed by atoms with E-state index >= 15 is 0 Å². The van der Waals surface area contributed by atoms with Gasteiger partial charge in [-0.15, -0.1) is 0 Å². The van der Waals surface area contributed by atoms with Gasteiger partial charge in [0.25, 0.3) is 11.5 Å². The lowest BCUT2D eigenvalue weighted by atomic mass is 10.2. The Morgan fingerprint density at radius 3 is 2.40 bits per heavy atom. The largest absolute Gasteiger partial charge is 0.449 e. The number of hydrogen-bond acceptors (Lipinski definition) is 4. The van der Waals surface area contributed by atoms with Crippen LogP contribution in [0.1, 0.15) is 23.0 Å². The molecule has 3 aromatic rings. The molecule has 3 rings (SSSR count). The lowest BCUT2D eigenvalue weighted by molar-refractivity contribution is -0.123. The number of halogens is 2.